The van der Waals surface area contributed by atoms with Crippen LogP contribution in [0.15, 0.2) is 22.7 Å². The Labute approximate surface area is 95.4 Å². The first kappa shape index (κ1) is 12.1. The number of nitrogens with one attached hydrogen (secondary N) is 1. The van der Waals surface area contributed by atoms with Gasteiger partial charge in [-0.2, -0.15) is 0 Å². The van der Waals surface area contributed by atoms with Crippen molar-refractivity contribution in [3.8, 4) is 0 Å². The Bertz CT molecular complexity index is 357. The molecule has 0 amide bonds. The molecule has 2 N–H and O–H groups in total. The van der Waals surface area contributed by atoms with Crippen molar-refractivity contribution in [2.24, 2.45) is 0 Å². The minimum absolute atomic E-state index is 0.0398. The number of aliphatic carboxylic acids is 1. The zero-order valence-corrected chi connectivity index (χ0v) is 9.55. The van der Waals surface area contributed by atoms with Gasteiger partial charge in [0, 0.05) is 23.1 Å². The number of halogens is 2. The molecule has 5 heteroatoms. The molecule has 0 heterocycles. The second kappa shape index (κ2) is 5.82. The van der Waals surface area contributed by atoms with E-state index in [0.29, 0.717) is 23.1 Å². The molecule has 0 fully saturated rings. The molecule has 1 rings (SSSR count). The van der Waals surface area contributed by atoms with Crippen molar-refractivity contribution in [1.82, 2.24) is 5.32 Å². The lowest BCUT2D eigenvalue weighted by molar-refractivity contribution is -0.136. The van der Waals surface area contributed by atoms with Crippen LogP contribution < -0.4 is 5.32 Å². The van der Waals surface area contributed by atoms with E-state index in [1.165, 1.54) is 6.07 Å². The van der Waals surface area contributed by atoms with Crippen LogP contribution in [0.2, 0.25) is 0 Å². The maximum Gasteiger partial charge on any atom is 0.304 e. The fourth-order valence-corrected chi connectivity index (χ4v) is 1.42. The molecule has 0 atom stereocenters. The minimum atomic E-state index is -0.862. The predicted octanol–water partition coefficient (Wildman–Crippen LogP) is 2.15. The second-order valence-electron chi connectivity index (χ2n) is 3.06. The Morgan fingerprint density at radius 2 is 2.27 bits per heavy atom. The van der Waals surface area contributed by atoms with Gasteiger partial charge in [0.2, 0.25) is 0 Å². The van der Waals surface area contributed by atoms with E-state index in [4.69, 9.17) is 5.11 Å². The van der Waals surface area contributed by atoms with Gasteiger partial charge in [-0.3, -0.25) is 4.79 Å². The van der Waals surface area contributed by atoms with E-state index in [1.54, 1.807) is 12.1 Å². The van der Waals surface area contributed by atoms with Gasteiger partial charge in [-0.1, -0.05) is 22.0 Å². The molecule has 3 nitrogen and oxygen atoms in total. The Hall–Kier alpha value is -0.940. The Morgan fingerprint density at radius 3 is 2.87 bits per heavy atom. The lowest BCUT2D eigenvalue weighted by atomic mass is 10.2. The third-order valence-corrected chi connectivity index (χ3v) is 2.34. The minimum Gasteiger partial charge on any atom is -0.481 e. The first-order valence-electron chi connectivity index (χ1n) is 4.46. The van der Waals surface area contributed by atoms with Crippen molar-refractivity contribution in [3.63, 3.8) is 0 Å². The molecule has 0 aromatic heterocycles. The second-order valence-corrected chi connectivity index (χ2v) is 3.97. The van der Waals surface area contributed by atoms with Gasteiger partial charge in [-0.05, 0) is 12.1 Å². The third-order valence-electron chi connectivity index (χ3n) is 1.85. The quantitative estimate of drug-likeness (QED) is 0.810. The van der Waals surface area contributed by atoms with Crippen molar-refractivity contribution in [2.75, 3.05) is 6.54 Å². The molecule has 0 saturated heterocycles. The normalized spacial score (nSPS) is 10.3. The SMILES string of the molecule is O=C(O)CCNCc1ccc(Br)cc1F. The number of carboxylic acids is 1. The van der Waals surface area contributed by atoms with Gasteiger partial charge in [0.05, 0.1) is 6.42 Å². The van der Waals surface area contributed by atoms with Gasteiger partial charge in [0.25, 0.3) is 0 Å². The number of carbonyl (C=O) groups is 1. The van der Waals surface area contributed by atoms with Crippen molar-refractivity contribution >= 4 is 21.9 Å². The monoisotopic (exact) mass is 275 g/mol. The standard InChI is InChI=1S/C10H11BrFNO2/c11-8-2-1-7(9(12)5-8)6-13-4-3-10(14)15/h1-2,5,13H,3-4,6H2,(H,14,15). The van der Waals surface area contributed by atoms with Crippen LogP contribution in [0.4, 0.5) is 4.39 Å². The van der Waals surface area contributed by atoms with E-state index in [-0.39, 0.29) is 12.2 Å². The fraction of sp³-hybridized carbons (Fsp3) is 0.300. The van der Waals surface area contributed by atoms with Gasteiger partial charge in [-0.15, -0.1) is 0 Å². The van der Waals surface area contributed by atoms with Crippen molar-refractivity contribution in [1.29, 1.82) is 0 Å². The average molecular weight is 276 g/mol. The highest BCUT2D eigenvalue weighted by molar-refractivity contribution is 9.10. The summed E-state index contributed by atoms with van der Waals surface area (Å²) >= 11 is 3.16. The molecule has 82 valence electrons. The Morgan fingerprint density at radius 1 is 1.53 bits per heavy atom. The maximum absolute atomic E-state index is 13.2. The molecule has 15 heavy (non-hydrogen) atoms. The predicted molar refractivity (Wildman–Crippen MR) is 58.1 cm³/mol. The zero-order chi connectivity index (χ0) is 11.3. The first-order valence-corrected chi connectivity index (χ1v) is 5.25. The summed E-state index contributed by atoms with van der Waals surface area (Å²) < 4.78 is 13.9. The zero-order valence-electron chi connectivity index (χ0n) is 7.96. The van der Waals surface area contributed by atoms with Crippen LogP contribution >= 0.6 is 15.9 Å². The molecule has 0 unspecified atom stereocenters. The summed E-state index contributed by atoms with van der Waals surface area (Å²) in [6, 6.07) is 4.79. The summed E-state index contributed by atoms with van der Waals surface area (Å²) in [4.78, 5) is 10.2. The number of hydrogen-bond acceptors (Lipinski definition) is 2. The lowest BCUT2D eigenvalue weighted by Gasteiger charge is -2.04. The maximum atomic E-state index is 13.2. The Balaban J connectivity index is 2.40. The highest BCUT2D eigenvalue weighted by Gasteiger charge is 2.02. The van der Waals surface area contributed by atoms with Crippen LogP contribution in [-0.4, -0.2) is 17.6 Å². The summed E-state index contributed by atoms with van der Waals surface area (Å²) in [6.45, 7) is 0.678. The number of carboxylic acid groups (broad SMARTS) is 1. The molecule has 0 aliphatic rings. The molecular formula is C10H11BrFNO2. The van der Waals surface area contributed by atoms with Gasteiger partial charge in [0.15, 0.2) is 0 Å². The fourth-order valence-electron chi connectivity index (χ4n) is 1.08. The summed E-state index contributed by atoms with van der Waals surface area (Å²) in [5.41, 5.74) is 0.531. The van der Waals surface area contributed by atoms with Crippen molar-refractivity contribution in [2.45, 2.75) is 13.0 Å². The van der Waals surface area contributed by atoms with E-state index in [9.17, 15) is 9.18 Å². The molecule has 0 saturated carbocycles. The highest BCUT2D eigenvalue weighted by Crippen LogP contribution is 2.14. The van der Waals surface area contributed by atoms with Gasteiger partial charge >= 0.3 is 5.97 Å². The van der Waals surface area contributed by atoms with E-state index < -0.39 is 5.97 Å². The van der Waals surface area contributed by atoms with Crippen LogP contribution in [0.25, 0.3) is 0 Å². The van der Waals surface area contributed by atoms with Crippen LogP contribution in [0.1, 0.15) is 12.0 Å². The largest absolute Gasteiger partial charge is 0.481 e. The van der Waals surface area contributed by atoms with E-state index >= 15 is 0 Å². The summed E-state index contributed by atoms with van der Waals surface area (Å²) in [5, 5.41) is 11.2. The smallest absolute Gasteiger partial charge is 0.304 e. The van der Waals surface area contributed by atoms with E-state index in [1.807, 2.05) is 0 Å². The molecule has 0 aliphatic carbocycles. The van der Waals surface area contributed by atoms with Gasteiger partial charge < -0.3 is 10.4 Å². The molecule has 0 aliphatic heterocycles. The molecule has 1 aromatic rings. The van der Waals surface area contributed by atoms with Crippen LogP contribution in [0, 0.1) is 5.82 Å². The van der Waals surface area contributed by atoms with E-state index in [2.05, 4.69) is 21.2 Å². The summed E-state index contributed by atoms with van der Waals surface area (Å²) in [5.74, 6) is -1.16. The molecule has 0 radical (unpaired) electrons. The average Bonchev–Trinajstić information content (AvgIpc) is 2.14. The van der Waals surface area contributed by atoms with Gasteiger partial charge in [0.1, 0.15) is 5.82 Å². The van der Waals surface area contributed by atoms with Crippen LogP contribution in [0.3, 0.4) is 0 Å². The molecule has 0 bridgehead atoms. The van der Waals surface area contributed by atoms with Crippen LogP contribution in [0.5, 0.6) is 0 Å². The topological polar surface area (TPSA) is 49.3 Å². The number of rotatable bonds is 5. The Kier molecular flexibility index (Phi) is 4.71. The first-order chi connectivity index (χ1) is 7.09. The van der Waals surface area contributed by atoms with E-state index in [0.717, 1.165) is 0 Å². The summed E-state index contributed by atoms with van der Waals surface area (Å²) in [7, 11) is 0. The highest BCUT2D eigenvalue weighted by atomic mass is 79.9. The summed E-state index contributed by atoms with van der Waals surface area (Å²) in [6.07, 6.45) is 0.0398. The molecular weight excluding hydrogens is 265 g/mol. The lowest BCUT2D eigenvalue weighted by Crippen LogP contribution is -2.18. The van der Waals surface area contributed by atoms with Crippen molar-refractivity contribution in [3.05, 3.63) is 34.1 Å². The van der Waals surface area contributed by atoms with Crippen molar-refractivity contribution < 1.29 is 14.3 Å². The molecule has 0 spiro atoms. The number of benzene rings is 1. The number of hydrogen-bond donors (Lipinski definition) is 2. The molecule has 1 aromatic carbocycles. The van der Waals surface area contributed by atoms with Crippen LogP contribution in [-0.2, 0) is 11.3 Å². The third kappa shape index (κ3) is 4.40. The van der Waals surface area contributed by atoms with Gasteiger partial charge in [-0.25, -0.2) is 4.39 Å².